The van der Waals surface area contributed by atoms with Crippen molar-refractivity contribution in [2.75, 3.05) is 19.7 Å². The van der Waals surface area contributed by atoms with Crippen LogP contribution in [0.3, 0.4) is 0 Å². The van der Waals surface area contributed by atoms with Crippen molar-refractivity contribution in [2.45, 2.75) is 57.8 Å². The minimum atomic E-state index is -1.62. The van der Waals surface area contributed by atoms with Crippen molar-refractivity contribution in [1.82, 2.24) is 4.90 Å². The number of allylic oxidation sites excluding steroid dienone is 1. The highest BCUT2D eigenvalue weighted by Crippen LogP contribution is 2.36. The zero-order chi connectivity index (χ0) is 17.5. The topological polar surface area (TPSA) is 76.1 Å². The van der Waals surface area contributed by atoms with Gasteiger partial charge in [0.1, 0.15) is 6.10 Å². The molecule has 0 amide bonds. The monoisotopic (exact) mass is 337 g/mol. The van der Waals surface area contributed by atoms with Crippen LogP contribution >= 0.6 is 0 Å². The molecule has 134 valence electrons. The van der Waals surface area contributed by atoms with Crippen molar-refractivity contribution in [3.05, 3.63) is 11.6 Å². The standard InChI is InChI=1S/C18H27NO5/c1-4-12-9-11(2)18(3,22)17(21)23-10-13-5-7-19-8-6-14(15(13)19)24-16(12)20/h4,11,13-15,22H,5-10H2,1-3H3/b12-4-/t11?,13-,14-,15+,18?/m1/s1. The minimum Gasteiger partial charge on any atom is -0.463 e. The van der Waals surface area contributed by atoms with Gasteiger partial charge in [0.25, 0.3) is 0 Å². The zero-order valence-electron chi connectivity index (χ0n) is 14.7. The summed E-state index contributed by atoms with van der Waals surface area (Å²) in [6.07, 6.45) is 3.59. The predicted molar refractivity (Wildman–Crippen MR) is 87.1 cm³/mol. The van der Waals surface area contributed by atoms with Crippen LogP contribution < -0.4 is 0 Å². The van der Waals surface area contributed by atoms with Crippen molar-refractivity contribution < 1.29 is 24.2 Å². The van der Waals surface area contributed by atoms with E-state index in [1.807, 2.05) is 0 Å². The number of cyclic esters (lactones) is 1. The van der Waals surface area contributed by atoms with E-state index >= 15 is 0 Å². The second kappa shape index (κ2) is 6.48. The van der Waals surface area contributed by atoms with Gasteiger partial charge in [-0.05, 0) is 45.6 Å². The first-order chi connectivity index (χ1) is 11.3. The van der Waals surface area contributed by atoms with Gasteiger partial charge in [-0.15, -0.1) is 0 Å². The number of esters is 2. The third kappa shape index (κ3) is 2.97. The summed E-state index contributed by atoms with van der Waals surface area (Å²) in [6.45, 7) is 7.11. The molecule has 24 heavy (non-hydrogen) atoms. The molecule has 3 aliphatic heterocycles. The van der Waals surface area contributed by atoms with Crippen molar-refractivity contribution >= 4 is 11.9 Å². The van der Waals surface area contributed by atoms with Gasteiger partial charge < -0.3 is 14.6 Å². The molecule has 3 aliphatic rings. The maximum absolute atomic E-state index is 12.6. The molecule has 0 aliphatic carbocycles. The molecular formula is C18H27NO5. The van der Waals surface area contributed by atoms with Crippen LogP contribution in [0.25, 0.3) is 0 Å². The normalized spacial score (nSPS) is 42.9. The fourth-order valence-corrected chi connectivity index (χ4v) is 4.11. The molecule has 0 radical (unpaired) electrons. The van der Waals surface area contributed by atoms with E-state index in [2.05, 4.69) is 4.90 Å². The summed E-state index contributed by atoms with van der Waals surface area (Å²) in [7, 11) is 0. The zero-order valence-corrected chi connectivity index (χ0v) is 14.7. The van der Waals surface area contributed by atoms with Gasteiger partial charge in [-0.2, -0.15) is 0 Å². The first-order valence-electron chi connectivity index (χ1n) is 8.84. The van der Waals surface area contributed by atoms with Crippen molar-refractivity contribution in [1.29, 1.82) is 0 Å². The maximum Gasteiger partial charge on any atom is 0.338 e. The smallest absolute Gasteiger partial charge is 0.338 e. The fourth-order valence-electron chi connectivity index (χ4n) is 4.11. The molecule has 0 aromatic heterocycles. The number of hydrogen-bond acceptors (Lipinski definition) is 6. The average molecular weight is 337 g/mol. The van der Waals surface area contributed by atoms with E-state index in [-0.39, 0.29) is 37.1 Å². The molecule has 0 saturated carbocycles. The van der Waals surface area contributed by atoms with Crippen LogP contribution in [-0.2, 0) is 19.1 Å². The second-order valence-electron chi connectivity index (χ2n) is 7.47. The Balaban J connectivity index is 1.89. The largest absolute Gasteiger partial charge is 0.463 e. The van der Waals surface area contributed by atoms with Crippen LogP contribution in [-0.4, -0.2) is 59.4 Å². The molecule has 6 heteroatoms. The van der Waals surface area contributed by atoms with Crippen LogP contribution in [0, 0.1) is 11.8 Å². The minimum absolute atomic E-state index is 0.113. The van der Waals surface area contributed by atoms with E-state index in [4.69, 9.17) is 9.47 Å². The molecule has 1 N–H and O–H groups in total. The molecule has 6 nitrogen and oxygen atoms in total. The molecular weight excluding hydrogens is 310 g/mol. The lowest BCUT2D eigenvalue weighted by atomic mass is 9.85. The van der Waals surface area contributed by atoms with Crippen LogP contribution in [0.1, 0.15) is 40.0 Å². The fraction of sp³-hybridized carbons (Fsp3) is 0.778. The molecule has 0 aromatic carbocycles. The number of aliphatic hydroxyl groups is 1. The molecule has 2 unspecified atom stereocenters. The Kier molecular flexibility index (Phi) is 4.71. The van der Waals surface area contributed by atoms with Crippen molar-refractivity contribution in [3.8, 4) is 0 Å². The Morgan fingerprint density at radius 3 is 2.71 bits per heavy atom. The Hall–Kier alpha value is -1.40. The summed E-state index contributed by atoms with van der Waals surface area (Å²) >= 11 is 0. The molecule has 5 atom stereocenters. The number of carbonyl (C=O) groups excluding carboxylic acids is 2. The average Bonchev–Trinajstić information content (AvgIpc) is 3.12. The first-order valence-corrected chi connectivity index (χ1v) is 8.84. The SMILES string of the molecule is C/C=C1/CC(C)C(C)(O)C(=O)OC[C@H]2CCN3CC[C@@H](OC1=O)[C@H]23. The summed E-state index contributed by atoms with van der Waals surface area (Å²) in [5.74, 6) is -1.23. The molecule has 3 fully saturated rings. The van der Waals surface area contributed by atoms with Gasteiger partial charge in [0, 0.05) is 18.0 Å². The van der Waals surface area contributed by atoms with E-state index < -0.39 is 17.5 Å². The lowest BCUT2D eigenvalue weighted by Gasteiger charge is -2.32. The molecule has 0 spiro atoms. The summed E-state index contributed by atoms with van der Waals surface area (Å²) < 4.78 is 11.3. The van der Waals surface area contributed by atoms with Crippen molar-refractivity contribution in [3.63, 3.8) is 0 Å². The highest BCUT2D eigenvalue weighted by atomic mass is 16.6. The third-order valence-corrected chi connectivity index (χ3v) is 5.97. The Labute approximate surface area is 142 Å². The van der Waals surface area contributed by atoms with Crippen LogP contribution in [0.4, 0.5) is 0 Å². The van der Waals surface area contributed by atoms with E-state index in [0.29, 0.717) is 5.57 Å². The summed E-state index contributed by atoms with van der Waals surface area (Å²) in [5, 5.41) is 10.6. The maximum atomic E-state index is 12.6. The van der Waals surface area contributed by atoms with E-state index in [1.165, 1.54) is 6.92 Å². The highest BCUT2D eigenvalue weighted by Gasteiger charge is 2.48. The molecule has 3 saturated heterocycles. The lowest BCUT2D eigenvalue weighted by molar-refractivity contribution is -0.172. The predicted octanol–water partition coefficient (Wildman–Crippen LogP) is 1.27. The third-order valence-electron chi connectivity index (χ3n) is 5.97. The number of hydrogen-bond donors (Lipinski definition) is 1. The second-order valence-corrected chi connectivity index (χ2v) is 7.47. The van der Waals surface area contributed by atoms with Gasteiger partial charge in [0.2, 0.25) is 0 Å². The van der Waals surface area contributed by atoms with Crippen LogP contribution in [0.15, 0.2) is 11.6 Å². The molecule has 3 heterocycles. The Morgan fingerprint density at radius 2 is 2.00 bits per heavy atom. The summed E-state index contributed by atoms with van der Waals surface area (Å²) in [5.41, 5.74) is -1.12. The summed E-state index contributed by atoms with van der Waals surface area (Å²) in [4.78, 5) is 27.3. The lowest BCUT2D eigenvalue weighted by Crippen LogP contribution is -2.46. The van der Waals surface area contributed by atoms with Gasteiger partial charge in [0.05, 0.1) is 12.6 Å². The van der Waals surface area contributed by atoms with Gasteiger partial charge in [-0.25, -0.2) is 9.59 Å². The Morgan fingerprint density at radius 1 is 1.29 bits per heavy atom. The summed E-state index contributed by atoms with van der Waals surface area (Å²) in [6, 6.07) is 0.113. The molecule has 0 bridgehead atoms. The van der Waals surface area contributed by atoms with Gasteiger partial charge in [-0.3, -0.25) is 4.90 Å². The number of nitrogens with zero attached hydrogens (tertiary/aromatic N) is 1. The number of ether oxygens (including phenoxy) is 2. The van der Waals surface area contributed by atoms with Crippen molar-refractivity contribution in [2.24, 2.45) is 11.8 Å². The van der Waals surface area contributed by atoms with Gasteiger partial charge >= 0.3 is 11.9 Å². The van der Waals surface area contributed by atoms with E-state index in [1.54, 1.807) is 19.9 Å². The molecule has 0 aromatic rings. The first kappa shape index (κ1) is 17.4. The number of carbonyl (C=O) groups is 2. The quantitative estimate of drug-likeness (QED) is 0.530. The highest BCUT2D eigenvalue weighted by molar-refractivity contribution is 5.89. The van der Waals surface area contributed by atoms with E-state index in [9.17, 15) is 14.7 Å². The number of rotatable bonds is 0. The van der Waals surface area contributed by atoms with Gasteiger partial charge in [0.15, 0.2) is 5.60 Å². The van der Waals surface area contributed by atoms with E-state index in [0.717, 1.165) is 25.9 Å². The van der Waals surface area contributed by atoms with Crippen LogP contribution in [0.2, 0.25) is 0 Å². The van der Waals surface area contributed by atoms with Crippen LogP contribution in [0.5, 0.6) is 0 Å². The Bertz CT molecular complexity index is 556. The molecule has 3 rings (SSSR count). The van der Waals surface area contributed by atoms with Gasteiger partial charge in [-0.1, -0.05) is 13.0 Å².